The summed E-state index contributed by atoms with van der Waals surface area (Å²) in [6.45, 7) is 1.92. The van der Waals surface area contributed by atoms with Crippen LogP contribution < -0.4 is 11.1 Å². The number of anilines is 1. The van der Waals surface area contributed by atoms with Crippen LogP contribution in [0.3, 0.4) is 0 Å². The molecule has 0 amide bonds. The van der Waals surface area contributed by atoms with Crippen LogP contribution in [-0.2, 0) is 6.54 Å². The molecule has 4 nitrogen and oxygen atoms in total. The standard InChI is InChI=1S/C13H12F2N4S/c1-7-17-3-2-9(19-7)6-18-12-10(14)4-8(13(16)20)5-11(12)15/h2-5,18H,6H2,1H3,(H2,16,20). The van der Waals surface area contributed by atoms with Gasteiger partial charge in [0.1, 0.15) is 28.1 Å². The van der Waals surface area contributed by atoms with Crippen molar-refractivity contribution in [2.45, 2.75) is 13.5 Å². The molecule has 20 heavy (non-hydrogen) atoms. The van der Waals surface area contributed by atoms with Crippen LogP contribution in [0.2, 0.25) is 0 Å². The maximum atomic E-state index is 13.8. The summed E-state index contributed by atoms with van der Waals surface area (Å²) in [4.78, 5) is 8.02. The summed E-state index contributed by atoms with van der Waals surface area (Å²) in [5, 5.41) is 2.67. The molecule has 0 atom stereocenters. The van der Waals surface area contributed by atoms with Crippen molar-refractivity contribution in [1.29, 1.82) is 0 Å². The Morgan fingerprint density at radius 1 is 1.35 bits per heavy atom. The topological polar surface area (TPSA) is 63.8 Å². The van der Waals surface area contributed by atoms with Crippen LogP contribution in [0.15, 0.2) is 24.4 Å². The van der Waals surface area contributed by atoms with Gasteiger partial charge in [0.25, 0.3) is 0 Å². The normalized spacial score (nSPS) is 10.3. The number of benzene rings is 1. The lowest BCUT2D eigenvalue weighted by Gasteiger charge is -2.10. The average Bonchev–Trinajstić information content (AvgIpc) is 2.37. The Labute approximate surface area is 120 Å². The van der Waals surface area contributed by atoms with Crippen molar-refractivity contribution >= 4 is 22.9 Å². The number of thiocarbonyl (C=S) groups is 1. The lowest BCUT2D eigenvalue weighted by atomic mass is 10.2. The van der Waals surface area contributed by atoms with E-state index in [0.717, 1.165) is 12.1 Å². The molecule has 1 aromatic carbocycles. The lowest BCUT2D eigenvalue weighted by molar-refractivity contribution is 0.587. The van der Waals surface area contributed by atoms with E-state index >= 15 is 0 Å². The molecule has 7 heteroatoms. The molecule has 0 fully saturated rings. The second-order valence-corrected chi connectivity index (χ2v) is 4.57. The Balaban J connectivity index is 2.20. The molecule has 2 aromatic rings. The van der Waals surface area contributed by atoms with Gasteiger partial charge in [-0.25, -0.2) is 18.7 Å². The first-order chi connectivity index (χ1) is 9.47. The summed E-state index contributed by atoms with van der Waals surface area (Å²) in [5.41, 5.74) is 5.89. The summed E-state index contributed by atoms with van der Waals surface area (Å²) in [6, 6.07) is 3.86. The zero-order valence-corrected chi connectivity index (χ0v) is 11.5. The van der Waals surface area contributed by atoms with E-state index in [4.69, 9.17) is 5.73 Å². The molecule has 2 rings (SSSR count). The summed E-state index contributed by atoms with van der Waals surface area (Å²) in [5.74, 6) is -0.911. The number of aromatic nitrogens is 2. The minimum absolute atomic E-state index is 0.0548. The van der Waals surface area contributed by atoms with Gasteiger partial charge in [-0.1, -0.05) is 12.2 Å². The first-order valence-electron chi connectivity index (χ1n) is 5.78. The van der Waals surface area contributed by atoms with Gasteiger partial charge < -0.3 is 11.1 Å². The monoisotopic (exact) mass is 294 g/mol. The maximum Gasteiger partial charge on any atom is 0.150 e. The molecule has 104 valence electrons. The molecule has 0 aliphatic heterocycles. The predicted molar refractivity (Wildman–Crippen MR) is 76.3 cm³/mol. The van der Waals surface area contributed by atoms with Gasteiger partial charge in [-0.3, -0.25) is 0 Å². The van der Waals surface area contributed by atoms with E-state index in [1.165, 1.54) is 0 Å². The Morgan fingerprint density at radius 3 is 2.55 bits per heavy atom. The fraction of sp³-hybridized carbons (Fsp3) is 0.154. The van der Waals surface area contributed by atoms with Crippen LogP contribution in [0.4, 0.5) is 14.5 Å². The quantitative estimate of drug-likeness (QED) is 0.847. The highest BCUT2D eigenvalue weighted by Gasteiger charge is 2.12. The highest BCUT2D eigenvalue weighted by molar-refractivity contribution is 7.80. The molecule has 0 radical (unpaired) electrons. The van der Waals surface area contributed by atoms with E-state index in [0.29, 0.717) is 11.5 Å². The van der Waals surface area contributed by atoms with E-state index < -0.39 is 11.6 Å². The number of hydrogen-bond donors (Lipinski definition) is 2. The van der Waals surface area contributed by atoms with Crippen LogP contribution in [0.25, 0.3) is 0 Å². The third-order valence-electron chi connectivity index (χ3n) is 2.61. The molecule has 1 heterocycles. The second kappa shape index (κ2) is 5.87. The van der Waals surface area contributed by atoms with Crippen LogP contribution in [-0.4, -0.2) is 15.0 Å². The average molecular weight is 294 g/mol. The third-order valence-corrected chi connectivity index (χ3v) is 2.84. The Kier molecular flexibility index (Phi) is 4.19. The minimum Gasteiger partial charge on any atom is -0.389 e. The molecule has 0 saturated carbocycles. The summed E-state index contributed by atoms with van der Waals surface area (Å²) < 4.78 is 27.6. The Hall–Kier alpha value is -2.15. The smallest absolute Gasteiger partial charge is 0.150 e. The van der Waals surface area contributed by atoms with Gasteiger partial charge in [0, 0.05) is 11.8 Å². The van der Waals surface area contributed by atoms with E-state index in [1.807, 2.05) is 0 Å². The van der Waals surface area contributed by atoms with Gasteiger partial charge in [0.05, 0.1) is 12.2 Å². The second-order valence-electron chi connectivity index (χ2n) is 4.13. The largest absolute Gasteiger partial charge is 0.389 e. The van der Waals surface area contributed by atoms with Gasteiger partial charge in [0.2, 0.25) is 0 Å². The van der Waals surface area contributed by atoms with Crippen molar-refractivity contribution in [2.24, 2.45) is 5.73 Å². The van der Waals surface area contributed by atoms with Crippen molar-refractivity contribution in [3.8, 4) is 0 Å². The molecule has 3 N–H and O–H groups in total. The number of hydrogen-bond acceptors (Lipinski definition) is 4. The van der Waals surface area contributed by atoms with Gasteiger partial charge in [-0.05, 0) is 25.1 Å². The Morgan fingerprint density at radius 2 is 2.00 bits per heavy atom. The van der Waals surface area contributed by atoms with Crippen molar-refractivity contribution in [3.63, 3.8) is 0 Å². The lowest BCUT2D eigenvalue weighted by Crippen LogP contribution is -2.12. The van der Waals surface area contributed by atoms with Crippen molar-refractivity contribution in [1.82, 2.24) is 9.97 Å². The first kappa shape index (κ1) is 14.3. The molecular weight excluding hydrogens is 282 g/mol. The molecule has 0 aliphatic rings. The number of halogens is 2. The van der Waals surface area contributed by atoms with Gasteiger partial charge in [0.15, 0.2) is 0 Å². The zero-order valence-electron chi connectivity index (χ0n) is 10.7. The fourth-order valence-corrected chi connectivity index (χ4v) is 1.78. The fourth-order valence-electron chi connectivity index (χ4n) is 1.67. The van der Waals surface area contributed by atoms with Crippen LogP contribution in [0.1, 0.15) is 17.1 Å². The molecular formula is C13H12F2N4S. The van der Waals surface area contributed by atoms with Crippen LogP contribution in [0, 0.1) is 18.6 Å². The Bertz CT molecular complexity index is 638. The molecule has 0 saturated heterocycles. The number of nitrogens with two attached hydrogens (primary N) is 1. The van der Waals surface area contributed by atoms with Gasteiger partial charge in [-0.2, -0.15) is 0 Å². The minimum atomic E-state index is -0.751. The zero-order chi connectivity index (χ0) is 14.7. The van der Waals surface area contributed by atoms with E-state index in [1.54, 1.807) is 19.2 Å². The highest BCUT2D eigenvalue weighted by atomic mass is 32.1. The van der Waals surface area contributed by atoms with Crippen molar-refractivity contribution < 1.29 is 8.78 Å². The third kappa shape index (κ3) is 3.24. The SMILES string of the molecule is Cc1nccc(CNc2c(F)cc(C(N)=S)cc2F)n1. The summed E-state index contributed by atoms with van der Waals surface area (Å²) >= 11 is 4.69. The molecule has 0 aliphatic carbocycles. The number of nitrogens with zero attached hydrogens (tertiary/aromatic N) is 2. The van der Waals surface area contributed by atoms with E-state index in [9.17, 15) is 8.78 Å². The highest BCUT2D eigenvalue weighted by Crippen LogP contribution is 2.21. The summed E-state index contributed by atoms with van der Waals surface area (Å²) in [7, 11) is 0. The predicted octanol–water partition coefficient (Wildman–Crippen LogP) is 2.31. The van der Waals surface area contributed by atoms with Crippen LogP contribution >= 0.6 is 12.2 Å². The first-order valence-corrected chi connectivity index (χ1v) is 6.19. The molecule has 0 unspecified atom stereocenters. The number of aryl methyl sites for hydroxylation is 1. The molecule has 0 spiro atoms. The van der Waals surface area contributed by atoms with Gasteiger partial charge in [-0.15, -0.1) is 0 Å². The van der Waals surface area contributed by atoms with Crippen molar-refractivity contribution in [2.75, 3.05) is 5.32 Å². The summed E-state index contributed by atoms with van der Waals surface area (Å²) in [6.07, 6.45) is 1.59. The molecule has 1 aromatic heterocycles. The number of nitrogens with one attached hydrogen (secondary N) is 1. The van der Waals surface area contributed by atoms with Gasteiger partial charge >= 0.3 is 0 Å². The van der Waals surface area contributed by atoms with Crippen molar-refractivity contribution in [3.05, 3.63) is 53.1 Å². The van der Waals surface area contributed by atoms with Crippen LogP contribution in [0.5, 0.6) is 0 Å². The number of rotatable bonds is 4. The maximum absolute atomic E-state index is 13.8. The van der Waals surface area contributed by atoms with E-state index in [-0.39, 0.29) is 22.8 Å². The van der Waals surface area contributed by atoms with E-state index in [2.05, 4.69) is 27.5 Å². The molecule has 0 bridgehead atoms.